The van der Waals surface area contributed by atoms with Gasteiger partial charge >= 0.3 is 12.1 Å². The van der Waals surface area contributed by atoms with Gasteiger partial charge < -0.3 is 20.1 Å². The molecule has 2 aliphatic rings. The van der Waals surface area contributed by atoms with Gasteiger partial charge in [0.2, 0.25) is 5.91 Å². The summed E-state index contributed by atoms with van der Waals surface area (Å²) < 4.78 is 5.62. The molecule has 0 heterocycles. The molecular formula is C26H30N2O5. The molecule has 0 radical (unpaired) electrons. The quantitative estimate of drug-likeness (QED) is 0.570. The van der Waals surface area contributed by atoms with Crippen LogP contribution in [0.1, 0.15) is 49.1 Å². The Morgan fingerprint density at radius 3 is 2.24 bits per heavy atom. The molecule has 0 bridgehead atoms. The normalized spacial score (nSPS) is 15.3. The molecule has 2 amide bonds. The number of carboxylic acids is 1. The van der Waals surface area contributed by atoms with Crippen molar-refractivity contribution in [2.75, 3.05) is 20.2 Å². The summed E-state index contributed by atoms with van der Waals surface area (Å²) in [5.41, 5.74) is 4.59. The highest BCUT2D eigenvalue weighted by Crippen LogP contribution is 2.44. The zero-order valence-corrected chi connectivity index (χ0v) is 18.8. The van der Waals surface area contributed by atoms with Crippen molar-refractivity contribution >= 4 is 18.0 Å². The molecule has 0 saturated heterocycles. The monoisotopic (exact) mass is 450 g/mol. The number of rotatable bonds is 10. The van der Waals surface area contributed by atoms with E-state index in [1.165, 1.54) is 4.90 Å². The Bertz CT molecular complexity index is 987. The lowest BCUT2D eigenvalue weighted by molar-refractivity contribution is -0.138. The molecule has 7 nitrogen and oxygen atoms in total. The SMILES string of the molecule is CN(CCCC(=O)O)C(=O)[C@H](CC1CC1)NC(=O)OCC1c2ccccc2-c2ccccc21. The molecule has 2 N–H and O–H groups in total. The number of ether oxygens (including phenoxy) is 1. The first-order chi connectivity index (χ1) is 15.9. The van der Waals surface area contributed by atoms with Crippen molar-refractivity contribution in [3.8, 4) is 11.1 Å². The summed E-state index contributed by atoms with van der Waals surface area (Å²) in [7, 11) is 1.64. The van der Waals surface area contributed by atoms with Crippen molar-refractivity contribution in [1.82, 2.24) is 10.2 Å². The van der Waals surface area contributed by atoms with E-state index in [-0.39, 0.29) is 24.9 Å². The van der Waals surface area contributed by atoms with E-state index in [0.29, 0.717) is 25.3 Å². The first-order valence-corrected chi connectivity index (χ1v) is 11.5. The zero-order chi connectivity index (χ0) is 23.4. The fourth-order valence-electron chi connectivity index (χ4n) is 4.53. The highest BCUT2D eigenvalue weighted by Gasteiger charge is 2.33. The Labute approximate surface area is 193 Å². The number of carboxylic acid groups (broad SMARTS) is 1. The summed E-state index contributed by atoms with van der Waals surface area (Å²) in [6, 6.07) is 15.6. The van der Waals surface area contributed by atoms with Gasteiger partial charge in [-0.2, -0.15) is 0 Å². The molecule has 33 heavy (non-hydrogen) atoms. The molecule has 174 valence electrons. The van der Waals surface area contributed by atoms with Crippen LogP contribution in [0, 0.1) is 5.92 Å². The number of benzene rings is 2. The van der Waals surface area contributed by atoms with Gasteiger partial charge in [-0.25, -0.2) is 4.79 Å². The second-order valence-electron chi connectivity index (χ2n) is 8.96. The lowest BCUT2D eigenvalue weighted by Gasteiger charge is -2.24. The number of hydrogen-bond acceptors (Lipinski definition) is 4. The molecule has 0 spiro atoms. The van der Waals surface area contributed by atoms with Crippen LogP contribution in [0.3, 0.4) is 0 Å². The van der Waals surface area contributed by atoms with E-state index in [1.54, 1.807) is 7.05 Å². The fraction of sp³-hybridized carbons (Fsp3) is 0.423. The molecule has 0 aliphatic heterocycles. The Hall–Kier alpha value is -3.35. The minimum atomic E-state index is -0.887. The Balaban J connectivity index is 1.37. The first-order valence-electron chi connectivity index (χ1n) is 11.5. The lowest BCUT2D eigenvalue weighted by atomic mass is 9.98. The van der Waals surface area contributed by atoms with Crippen molar-refractivity contribution in [2.24, 2.45) is 5.92 Å². The zero-order valence-electron chi connectivity index (χ0n) is 18.8. The van der Waals surface area contributed by atoms with Gasteiger partial charge in [0.15, 0.2) is 0 Å². The van der Waals surface area contributed by atoms with Crippen LogP contribution in [-0.2, 0) is 14.3 Å². The molecular weight excluding hydrogens is 420 g/mol. The third-order valence-corrected chi connectivity index (χ3v) is 6.46. The van der Waals surface area contributed by atoms with Gasteiger partial charge in [-0.1, -0.05) is 61.4 Å². The van der Waals surface area contributed by atoms with Crippen molar-refractivity contribution in [3.63, 3.8) is 0 Å². The summed E-state index contributed by atoms with van der Waals surface area (Å²) in [5, 5.41) is 11.6. The standard InChI is InChI=1S/C26H30N2O5/c1-28(14-6-11-24(29)30)25(31)23(15-17-12-13-17)27-26(32)33-16-22-20-9-4-2-7-18(20)19-8-3-5-10-21(19)22/h2-5,7-10,17,22-23H,6,11-16H2,1H3,(H,27,32)(H,29,30)/t23-/m0/s1. The third-order valence-electron chi connectivity index (χ3n) is 6.46. The van der Waals surface area contributed by atoms with E-state index >= 15 is 0 Å². The smallest absolute Gasteiger partial charge is 0.407 e. The number of alkyl carbamates (subject to hydrolysis) is 1. The molecule has 7 heteroatoms. The number of aliphatic carboxylic acids is 1. The predicted molar refractivity (Wildman–Crippen MR) is 124 cm³/mol. The van der Waals surface area contributed by atoms with Crippen molar-refractivity contribution in [1.29, 1.82) is 0 Å². The lowest BCUT2D eigenvalue weighted by Crippen LogP contribution is -2.48. The van der Waals surface area contributed by atoms with Gasteiger partial charge in [-0.3, -0.25) is 9.59 Å². The Morgan fingerprint density at radius 2 is 1.67 bits per heavy atom. The number of carbonyl (C=O) groups excluding carboxylic acids is 2. The second kappa shape index (κ2) is 10.1. The highest BCUT2D eigenvalue weighted by atomic mass is 16.5. The van der Waals surface area contributed by atoms with Crippen molar-refractivity contribution in [2.45, 2.75) is 44.1 Å². The van der Waals surface area contributed by atoms with Gasteiger partial charge in [0.1, 0.15) is 12.6 Å². The molecule has 2 aliphatic carbocycles. The number of nitrogens with zero attached hydrogens (tertiary/aromatic N) is 1. The number of fused-ring (bicyclic) bond motifs is 3. The number of carbonyl (C=O) groups is 3. The maximum Gasteiger partial charge on any atom is 0.407 e. The van der Waals surface area contributed by atoms with E-state index in [9.17, 15) is 14.4 Å². The summed E-state index contributed by atoms with van der Waals surface area (Å²) in [4.78, 5) is 37.8. The molecule has 1 fully saturated rings. The van der Waals surface area contributed by atoms with Gasteiger partial charge in [0.05, 0.1) is 0 Å². The Morgan fingerprint density at radius 1 is 1.06 bits per heavy atom. The fourth-order valence-corrected chi connectivity index (χ4v) is 4.53. The first kappa shape index (κ1) is 22.8. The van der Waals surface area contributed by atoms with Crippen LogP contribution in [0.5, 0.6) is 0 Å². The van der Waals surface area contributed by atoms with E-state index in [1.807, 2.05) is 24.3 Å². The van der Waals surface area contributed by atoms with Crippen LogP contribution in [0.25, 0.3) is 11.1 Å². The number of amides is 2. The van der Waals surface area contributed by atoms with Crippen LogP contribution < -0.4 is 5.32 Å². The maximum absolute atomic E-state index is 12.9. The summed E-state index contributed by atoms with van der Waals surface area (Å²) in [5.74, 6) is -0.706. The highest BCUT2D eigenvalue weighted by molar-refractivity contribution is 5.85. The van der Waals surface area contributed by atoms with Crippen LogP contribution in [-0.4, -0.2) is 54.2 Å². The van der Waals surface area contributed by atoms with Crippen LogP contribution >= 0.6 is 0 Å². The van der Waals surface area contributed by atoms with E-state index in [0.717, 1.165) is 35.1 Å². The summed E-state index contributed by atoms with van der Waals surface area (Å²) >= 11 is 0. The third kappa shape index (κ3) is 5.53. The topological polar surface area (TPSA) is 95.9 Å². The maximum atomic E-state index is 12.9. The van der Waals surface area contributed by atoms with Gasteiger partial charge in [-0.05, 0) is 41.0 Å². The second-order valence-corrected chi connectivity index (χ2v) is 8.96. The Kier molecular flexibility index (Phi) is 6.96. The average molecular weight is 451 g/mol. The summed E-state index contributed by atoms with van der Waals surface area (Å²) in [6.07, 6.45) is 2.46. The molecule has 4 rings (SSSR count). The van der Waals surface area contributed by atoms with Crippen molar-refractivity contribution in [3.05, 3.63) is 59.7 Å². The summed E-state index contributed by atoms with van der Waals surface area (Å²) in [6.45, 7) is 0.525. The molecule has 0 unspecified atom stereocenters. The van der Waals surface area contributed by atoms with Gasteiger partial charge in [-0.15, -0.1) is 0 Å². The number of hydrogen-bond donors (Lipinski definition) is 2. The van der Waals surface area contributed by atoms with Crippen LogP contribution in [0.15, 0.2) is 48.5 Å². The van der Waals surface area contributed by atoms with E-state index in [4.69, 9.17) is 9.84 Å². The minimum absolute atomic E-state index is 0.00468. The molecule has 2 aromatic carbocycles. The molecule has 1 atom stereocenters. The van der Waals surface area contributed by atoms with Gasteiger partial charge in [0, 0.05) is 25.9 Å². The number of nitrogens with one attached hydrogen (secondary N) is 1. The van der Waals surface area contributed by atoms with Gasteiger partial charge in [0.25, 0.3) is 0 Å². The average Bonchev–Trinajstić information content (AvgIpc) is 3.57. The van der Waals surface area contributed by atoms with Crippen LogP contribution in [0.2, 0.25) is 0 Å². The predicted octanol–water partition coefficient (Wildman–Crippen LogP) is 4.02. The molecule has 1 saturated carbocycles. The molecule has 2 aromatic rings. The number of likely N-dealkylation sites (N-methyl/N-ethyl adjacent to an activating group) is 1. The largest absolute Gasteiger partial charge is 0.481 e. The minimum Gasteiger partial charge on any atom is -0.481 e. The van der Waals surface area contributed by atoms with Crippen molar-refractivity contribution < 1.29 is 24.2 Å². The molecule has 0 aromatic heterocycles. The van der Waals surface area contributed by atoms with E-state index in [2.05, 4.69) is 29.6 Å². The van der Waals surface area contributed by atoms with Crippen LogP contribution in [0.4, 0.5) is 4.79 Å². The van der Waals surface area contributed by atoms with E-state index < -0.39 is 18.1 Å².